The van der Waals surface area contributed by atoms with Crippen LogP contribution in [-0.2, 0) is 0 Å². The molecule has 0 aromatic heterocycles. The van der Waals surface area contributed by atoms with Crippen molar-refractivity contribution in [3.05, 3.63) is 11.1 Å². The second-order valence-corrected chi connectivity index (χ2v) is 3.44. The van der Waals surface area contributed by atoms with E-state index in [0.29, 0.717) is 5.75 Å². The van der Waals surface area contributed by atoms with Crippen LogP contribution in [0, 0.1) is 0 Å². The molecular weight excluding hydrogens is 197 g/mol. The zero-order chi connectivity index (χ0) is 8.91. The average Bonchev–Trinajstić information content (AvgIpc) is 1.86. The number of thioether (sulfide) groups is 1. The number of alkyl halides is 3. The maximum absolute atomic E-state index is 11.7. The largest absolute Gasteiger partial charge is 0.426 e. The molecule has 0 aliphatic rings. The van der Waals surface area contributed by atoms with Crippen molar-refractivity contribution >= 4 is 23.4 Å². The first-order valence-corrected chi connectivity index (χ1v) is 4.52. The van der Waals surface area contributed by atoms with Gasteiger partial charge in [0.25, 0.3) is 0 Å². The van der Waals surface area contributed by atoms with Gasteiger partial charge in [-0.3, -0.25) is 0 Å². The summed E-state index contributed by atoms with van der Waals surface area (Å²) >= 11 is 6.31. The maximum atomic E-state index is 11.7. The Bertz CT molecular complexity index is 141. The van der Waals surface area contributed by atoms with E-state index in [9.17, 15) is 13.2 Å². The molecule has 0 fully saturated rings. The highest BCUT2D eigenvalue weighted by Crippen LogP contribution is 2.28. The fraction of sp³-hybridized carbons (Fsp3) is 0.667. The molecule has 0 saturated heterocycles. The monoisotopic (exact) mass is 204 g/mol. The molecule has 0 aliphatic heterocycles. The van der Waals surface area contributed by atoms with Crippen molar-refractivity contribution in [3.8, 4) is 0 Å². The molecule has 0 saturated carbocycles. The lowest BCUT2D eigenvalue weighted by Gasteiger charge is -2.02. The molecule has 0 atom stereocenters. The van der Waals surface area contributed by atoms with Gasteiger partial charge in [-0.15, -0.1) is 0 Å². The van der Waals surface area contributed by atoms with Gasteiger partial charge in [-0.25, -0.2) is 0 Å². The van der Waals surface area contributed by atoms with Crippen molar-refractivity contribution in [3.63, 3.8) is 0 Å². The molecule has 0 heterocycles. The fourth-order valence-corrected chi connectivity index (χ4v) is 1.05. The minimum Gasteiger partial charge on any atom is -0.165 e. The van der Waals surface area contributed by atoms with E-state index in [0.717, 1.165) is 11.8 Å². The van der Waals surface area contributed by atoms with Crippen LogP contribution in [0.3, 0.4) is 0 Å². The molecule has 0 N–H and O–H groups in total. The van der Waals surface area contributed by atoms with E-state index in [2.05, 4.69) is 0 Å². The van der Waals surface area contributed by atoms with E-state index in [4.69, 9.17) is 11.6 Å². The summed E-state index contributed by atoms with van der Waals surface area (Å²) in [7, 11) is 0. The minimum absolute atomic E-state index is 0.314. The summed E-state index contributed by atoms with van der Waals surface area (Å²) in [5.41, 5.74) is 0. The second kappa shape index (κ2) is 4.93. The van der Waals surface area contributed by atoms with Crippen LogP contribution in [0.5, 0.6) is 0 Å². The van der Waals surface area contributed by atoms with Crippen molar-refractivity contribution in [2.24, 2.45) is 0 Å². The Labute approximate surface area is 72.8 Å². The van der Waals surface area contributed by atoms with Crippen LogP contribution in [0.2, 0.25) is 0 Å². The Morgan fingerprint density at radius 2 is 2.09 bits per heavy atom. The van der Waals surface area contributed by atoms with Crippen LogP contribution in [-0.4, -0.2) is 17.7 Å². The van der Waals surface area contributed by atoms with Gasteiger partial charge in [-0.05, 0) is 5.75 Å². The van der Waals surface area contributed by atoms with Crippen LogP contribution >= 0.6 is 23.4 Å². The van der Waals surface area contributed by atoms with E-state index in [1.165, 1.54) is 11.8 Å². The number of hydrogen-bond acceptors (Lipinski definition) is 1. The van der Waals surface area contributed by atoms with Crippen molar-refractivity contribution in [2.45, 2.75) is 13.1 Å². The highest BCUT2D eigenvalue weighted by molar-refractivity contribution is 7.99. The summed E-state index contributed by atoms with van der Waals surface area (Å²) in [6.07, 6.45) is -3.40. The predicted molar refractivity (Wildman–Crippen MR) is 43.0 cm³/mol. The van der Waals surface area contributed by atoms with Crippen molar-refractivity contribution in [1.29, 1.82) is 0 Å². The molecule has 0 nitrogen and oxygen atoms in total. The first-order chi connectivity index (χ1) is 4.98. The fourth-order valence-electron chi connectivity index (χ4n) is 0.366. The summed E-state index contributed by atoms with van der Waals surface area (Å²) in [6.45, 7) is 1.88. The Morgan fingerprint density at radius 3 is 2.45 bits per heavy atom. The van der Waals surface area contributed by atoms with Crippen molar-refractivity contribution in [1.82, 2.24) is 0 Å². The molecule has 0 spiro atoms. The first-order valence-electron chi connectivity index (χ1n) is 2.99. The molecule has 66 valence electrons. The van der Waals surface area contributed by atoms with Gasteiger partial charge in [0.15, 0.2) is 0 Å². The van der Waals surface area contributed by atoms with Crippen molar-refractivity contribution in [2.75, 3.05) is 11.5 Å². The van der Waals surface area contributed by atoms with Gasteiger partial charge in [-0.2, -0.15) is 24.9 Å². The first kappa shape index (κ1) is 11.2. The zero-order valence-electron chi connectivity index (χ0n) is 5.91. The van der Waals surface area contributed by atoms with Crippen LogP contribution in [0.1, 0.15) is 6.92 Å². The van der Waals surface area contributed by atoms with Gasteiger partial charge >= 0.3 is 6.18 Å². The summed E-state index contributed by atoms with van der Waals surface area (Å²) in [4.78, 5) is 0. The van der Waals surface area contributed by atoms with Crippen molar-refractivity contribution < 1.29 is 13.2 Å². The number of halogens is 4. The third-order valence-corrected chi connectivity index (χ3v) is 2.03. The molecule has 0 radical (unpaired) electrons. The van der Waals surface area contributed by atoms with Gasteiger partial charge in [0, 0.05) is 5.75 Å². The zero-order valence-corrected chi connectivity index (χ0v) is 7.48. The standard InChI is InChI=1S/C6H8ClF3S/c1-2-11-4-3-5(7)6(8,9)10/h3H,2,4H2,1H3. The van der Waals surface area contributed by atoms with E-state index in [1.54, 1.807) is 0 Å². The summed E-state index contributed by atoms with van der Waals surface area (Å²) < 4.78 is 35.0. The Hall–Kier alpha value is 0.170. The molecule has 5 heteroatoms. The normalized spacial score (nSPS) is 13.7. The highest BCUT2D eigenvalue weighted by atomic mass is 35.5. The molecular formula is C6H8ClF3S. The Morgan fingerprint density at radius 1 is 1.55 bits per heavy atom. The predicted octanol–water partition coefficient (Wildman–Crippen LogP) is 3.42. The van der Waals surface area contributed by atoms with Gasteiger partial charge in [0.05, 0.1) is 0 Å². The number of hydrogen-bond donors (Lipinski definition) is 0. The minimum atomic E-state index is -4.38. The molecule has 0 amide bonds. The second-order valence-electron chi connectivity index (χ2n) is 1.71. The third kappa shape index (κ3) is 5.44. The molecule has 0 unspecified atom stereocenters. The molecule has 0 aromatic rings. The van der Waals surface area contributed by atoms with Gasteiger partial charge < -0.3 is 0 Å². The molecule has 0 rings (SSSR count). The quantitative estimate of drug-likeness (QED) is 0.635. The van der Waals surface area contributed by atoms with Gasteiger partial charge in [0.1, 0.15) is 5.03 Å². The molecule has 0 aromatic carbocycles. The highest BCUT2D eigenvalue weighted by Gasteiger charge is 2.31. The Balaban J connectivity index is 3.81. The average molecular weight is 205 g/mol. The van der Waals surface area contributed by atoms with E-state index >= 15 is 0 Å². The summed E-state index contributed by atoms with van der Waals surface area (Å²) in [5.74, 6) is 1.10. The topological polar surface area (TPSA) is 0 Å². The number of rotatable bonds is 3. The van der Waals surface area contributed by atoms with Crippen LogP contribution in [0.15, 0.2) is 11.1 Å². The summed E-state index contributed by atoms with van der Waals surface area (Å²) in [5, 5.41) is -1.03. The lowest BCUT2D eigenvalue weighted by atomic mass is 10.5. The van der Waals surface area contributed by atoms with Gasteiger partial charge in [0.2, 0.25) is 0 Å². The molecule has 0 bridgehead atoms. The lowest BCUT2D eigenvalue weighted by Crippen LogP contribution is -2.07. The lowest BCUT2D eigenvalue weighted by molar-refractivity contribution is -0.0846. The summed E-state index contributed by atoms with van der Waals surface area (Å²) in [6, 6.07) is 0. The molecule has 11 heavy (non-hydrogen) atoms. The number of allylic oxidation sites excluding steroid dienone is 1. The smallest absolute Gasteiger partial charge is 0.165 e. The van der Waals surface area contributed by atoms with Gasteiger partial charge in [-0.1, -0.05) is 24.6 Å². The van der Waals surface area contributed by atoms with E-state index < -0.39 is 11.2 Å². The SMILES string of the molecule is CCSCC=C(Cl)C(F)(F)F. The van der Waals surface area contributed by atoms with E-state index in [1.807, 2.05) is 6.92 Å². The van der Waals surface area contributed by atoms with Crippen LogP contribution in [0.4, 0.5) is 13.2 Å². The van der Waals surface area contributed by atoms with Crippen LogP contribution < -0.4 is 0 Å². The third-order valence-electron chi connectivity index (χ3n) is 0.855. The Kier molecular flexibility index (Phi) is 5.01. The van der Waals surface area contributed by atoms with E-state index in [-0.39, 0.29) is 0 Å². The maximum Gasteiger partial charge on any atom is 0.426 e. The van der Waals surface area contributed by atoms with Crippen LogP contribution in [0.25, 0.3) is 0 Å². The molecule has 0 aliphatic carbocycles.